The SMILES string of the molecule is O=C(CCCl)c1cccc(F)c1C(F)F. The Hall–Kier alpha value is -1.03. The summed E-state index contributed by atoms with van der Waals surface area (Å²) in [4.78, 5) is 11.3. The average molecular weight is 237 g/mol. The number of halogens is 4. The molecule has 0 atom stereocenters. The first kappa shape index (κ1) is 12.0. The number of carbonyl (C=O) groups excluding carboxylic acids is 1. The van der Waals surface area contributed by atoms with Gasteiger partial charge >= 0.3 is 0 Å². The number of hydrogen-bond donors (Lipinski definition) is 0. The normalized spacial score (nSPS) is 10.7. The number of ketones is 1. The standard InChI is InChI=1S/C10H8ClF3O/c11-5-4-8(15)6-2-1-3-7(12)9(6)10(13)14/h1-3,10H,4-5H2. The van der Waals surface area contributed by atoms with Crippen LogP contribution >= 0.6 is 11.6 Å². The van der Waals surface area contributed by atoms with Crippen LogP contribution in [0, 0.1) is 5.82 Å². The third-order valence-corrected chi connectivity index (χ3v) is 2.08. The molecule has 0 saturated heterocycles. The van der Waals surface area contributed by atoms with Crippen molar-refractivity contribution in [2.24, 2.45) is 0 Å². The molecule has 0 spiro atoms. The molecule has 82 valence electrons. The first-order valence-electron chi connectivity index (χ1n) is 4.23. The van der Waals surface area contributed by atoms with Gasteiger partial charge in [-0.3, -0.25) is 4.79 Å². The Morgan fingerprint density at radius 2 is 2.07 bits per heavy atom. The van der Waals surface area contributed by atoms with Gasteiger partial charge in [0.15, 0.2) is 5.78 Å². The lowest BCUT2D eigenvalue weighted by Crippen LogP contribution is -2.07. The first-order valence-corrected chi connectivity index (χ1v) is 4.77. The summed E-state index contributed by atoms with van der Waals surface area (Å²) in [7, 11) is 0. The summed E-state index contributed by atoms with van der Waals surface area (Å²) in [6.07, 6.45) is -3.08. The van der Waals surface area contributed by atoms with Crippen molar-refractivity contribution in [2.75, 3.05) is 5.88 Å². The van der Waals surface area contributed by atoms with E-state index in [0.717, 1.165) is 6.07 Å². The van der Waals surface area contributed by atoms with E-state index in [2.05, 4.69) is 0 Å². The molecule has 0 N–H and O–H groups in total. The molecule has 0 aliphatic heterocycles. The van der Waals surface area contributed by atoms with Crippen molar-refractivity contribution >= 4 is 17.4 Å². The second-order valence-corrected chi connectivity index (χ2v) is 3.24. The third-order valence-electron chi connectivity index (χ3n) is 1.89. The van der Waals surface area contributed by atoms with Crippen LogP contribution in [0.4, 0.5) is 13.2 Å². The number of alkyl halides is 3. The van der Waals surface area contributed by atoms with E-state index in [9.17, 15) is 18.0 Å². The Balaban J connectivity index is 3.17. The zero-order chi connectivity index (χ0) is 11.4. The highest BCUT2D eigenvalue weighted by atomic mass is 35.5. The summed E-state index contributed by atoms with van der Waals surface area (Å²) in [6, 6.07) is 3.31. The number of hydrogen-bond acceptors (Lipinski definition) is 1. The zero-order valence-corrected chi connectivity index (χ0v) is 8.40. The lowest BCUT2D eigenvalue weighted by molar-refractivity contribution is 0.0972. The lowest BCUT2D eigenvalue weighted by Gasteiger charge is -2.07. The lowest BCUT2D eigenvalue weighted by atomic mass is 10.0. The van der Waals surface area contributed by atoms with Crippen molar-refractivity contribution in [1.82, 2.24) is 0 Å². The van der Waals surface area contributed by atoms with Crippen LogP contribution in [0.15, 0.2) is 18.2 Å². The number of rotatable bonds is 4. The highest BCUT2D eigenvalue weighted by Crippen LogP contribution is 2.26. The predicted octanol–water partition coefficient (Wildman–Crippen LogP) is 3.57. The largest absolute Gasteiger partial charge is 0.294 e. The number of benzene rings is 1. The summed E-state index contributed by atoms with van der Waals surface area (Å²) < 4.78 is 38.0. The topological polar surface area (TPSA) is 17.1 Å². The molecular formula is C10H8ClF3O. The Kier molecular flexibility index (Phi) is 4.15. The van der Waals surface area contributed by atoms with Crippen LogP contribution < -0.4 is 0 Å². The van der Waals surface area contributed by atoms with Crippen molar-refractivity contribution in [1.29, 1.82) is 0 Å². The van der Waals surface area contributed by atoms with Gasteiger partial charge in [-0.1, -0.05) is 12.1 Å². The van der Waals surface area contributed by atoms with E-state index in [1.807, 2.05) is 0 Å². The molecule has 0 aliphatic rings. The van der Waals surface area contributed by atoms with Crippen molar-refractivity contribution < 1.29 is 18.0 Å². The van der Waals surface area contributed by atoms with Gasteiger partial charge in [-0.05, 0) is 6.07 Å². The van der Waals surface area contributed by atoms with Crippen molar-refractivity contribution in [3.63, 3.8) is 0 Å². The Morgan fingerprint density at radius 1 is 1.40 bits per heavy atom. The molecule has 15 heavy (non-hydrogen) atoms. The van der Waals surface area contributed by atoms with Crippen molar-refractivity contribution in [2.45, 2.75) is 12.8 Å². The summed E-state index contributed by atoms with van der Waals surface area (Å²) >= 11 is 5.32. The van der Waals surface area contributed by atoms with Gasteiger partial charge in [0, 0.05) is 17.9 Å². The van der Waals surface area contributed by atoms with Crippen molar-refractivity contribution in [3.05, 3.63) is 35.1 Å². The van der Waals surface area contributed by atoms with Gasteiger partial charge in [0.25, 0.3) is 6.43 Å². The number of Topliss-reactive ketones (excluding diaryl/α,β-unsaturated/α-hetero) is 1. The molecule has 1 aromatic rings. The monoisotopic (exact) mass is 236 g/mol. The van der Waals surface area contributed by atoms with Gasteiger partial charge in [0.05, 0.1) is 5.56 Å². The second-order valence-electron chi connectivity index (χ2n) is 2.86. The van der Waals surface area contributed by atoms with Gasteiger partial charge in [-0.2, -0.15) is 0 Å². The van der Waals surface area contributed by atoms with Gasteiger partial charge in [0.2, 0.25) is 0 Å². The molecule has 0 aromatic heterocycles. The minimum Gasteiger partial charge on any atom is -0.294 e. The minimum absolute atomic E-state index is 0.0258. The molecule has 0 saturated carbocycles. The molecule has 5 heteroatoms. The third kappa shape index (κ3) is 2.72. The number of carbonyl (C=O) groups is 1. The Labute approximate surface area is 89.9 Å². The Bertz CT molecular complexity index is 366. The quantitative estimate of drug-likeness (QED) is 0.577. The maximum atomic E-state index is 13.0. The molecule has 0 radical (unpaired) electrons. The van der Waals surface area contributed by atoms with Crippen molar-refractivity contribution in [3.8, 4) is 0 Å². The fourth-order valence-electron chi connectivity index (χ4n) is 1.22. The van der Waals surface area contributed by atoms with Crippen LogP contribution in [-0.4, -0.2) is 11.7 Å². The second kappa shape index (κ2) is 5.16. The zero-order valence-electron chi connectivity index (χ0n) is 7.64. The van der Waals surface area contributed by atoms with Crippen LogP contribution in [0.3, 0.4) is 0 Å². The predicted molar refractivity (Wildman–Crippen MR) is 51.0 cm³/mol. The summed E-state index contributed by atoms with van der Waals surface area (Å²) in [5.74, 6) is -1.61. The van der Waals surface area contributed by atoms with E-state index in [1.165, 1.54) is 12.1 Å². The maximum Gasteiger partial charge on any atom is 0.267 e. The van der Waals surface area contributed by atoms with Crippen LogP contribution in [0.2, 0.25) is 0 Å². The van der Waals surface area contributed by atoms with Crippen LogP contribution in [0.1, 0.15) is 28.8 Å². The molecule has 0 heterocycles. The highest BCUT2D eigenvalue weighted by molar-refractivity contribution is 6.19. The molecule has 0 unspecified atom stereocenters. The summed E-state index contributed by atoms with van der Waals surface area (Å²) in [5, 5.41) is 0. The Morgan fingerprint density at radius 3 is 2.60 bits per heavy atom. The molecule has 0 bridgehead atoms. The van der Waals surface area contributed by atoms with E-state index >= 15 is 0 Å². The molecule has 0 aliphatic carbocycles. The van der Waals surface area contributed by atoms with Gasteiger partial charge in [0.1, 0.15) is 5.82 Å². The fraction of sp³-hybridized carbons (Fsp3) is 0.300. The van der Waals surface area contributed by atoms with Crippen LogP contribution in [0.25, 0.3) is 0 Å². The maximum absolute atomic E-state index is 13.0. The molecule has 1 rings (SSSR count). The van der Waals surface area contributed by atoms with Gasteiger partial charge in [-0.25, -0.2) is 13.2 Å². The summed E-state index contributed by atoms with van der Waals surface area (Å²) in [5.41, 5.74) is -1.13. The van der Waals surface area contributed by atoms with E-state index in [-0.39, 0.29) is 17.9 Å². The molecular weight excluding hydrogens is 229 g/mol. The molecule has 1 aromatic carbocycles. The molecule has 1 nitrogen and oxygen atoms in total. The minimum atomic E-state index is -3.00. The first-order chi connectivity index (χ1) is 7.07. The highest BCUT2D eigenvalue weighted by Gasteiger charge is 2.21. The molecule has 0 amide bonds. The summed E-state index contributed by atoms with van der Waals surface area (Å²) in [6.45, 7) is 0. The average Bonchev–Trinajstić information content (AvgIpc) is 2.17. The van der Waals surface area contributed by atoms with Gasteiger partial charge < -0.3 is 0 Å². The fourth-order valence-corrected chi connectivity index (χ4v) is 1.39. The van der Waals surface area contributed by atoms with E-state index < -0.39 is 23.6 Å². The van der Waals surface area contributed by atoms with E-state index in [4.69, 9.17) is 11.6 Å². The van der Waals surface area contributed by atoms with Gasteiger partial charge in [-0.15, -0.1) is 11.6 Å². The van der Waals surface area contributed by atoms with E-state index in [1.54, 1.807) is 0 Å². The molecule has 0 fully saturated rings. The van der Waals surface area contributed by atoms with Crippen LogP contribution in [-0.2, 0) is 0 Å². The van der Waals surface area contributed by atoms with E-state index in [0.29, 0.717) is 0 Å². The van der Waals surface area contributed by atoms with Crippen LogP contribution in [0.5, 0.6) is 0 Å². The smallest absolute Gasteiger partial charge is 0.267 e.